The van der Waals surface area contributed by atoms with Crippen LogP contribution in [0.15, 0.2) is 22.7 Å². The van der Waals surface area contributed by atoms with Gasteiger partial charge in [0.1, 0.15) is 6.07 Å². The Morgan fingerprint density at radius 3 is 2.76 bits per heavy atom. The minimum absolute atomic E-state index is 0.595. The van der Waals surface area contributed by atoms with Gasteiger partial charge in [0.2, 0.25) is 0 Å². The first kappa shape index (κ1) is 12.1. The maximum Gasteiger partial charge on any atom is 0.187 e. The van der Waals surface area contributed by atoms with Crippen LogP contribution in [-0.2, 0) is 0 Å². The Labute approximate surface area is 112 Å². The normalized spacial score (nSPS) is 10.0. The summed E-state index contributed by atoms with van der Waals surface area (Å²) in [7, 11) is 0. The van der Waals surface area contributed by atoms with Crippen molar-refractivity contribution in [1.82, 2.24) is 4.98 Å². The number of aromatic nitrogens is 1. The van der Waals surface area contributed by atoms with E-state index in [0.717, 1.165) is 21.0 Å². The lowest BCUT2D eigenvalue weighted by molar-refractivity contribution is 1.23. The highest BCUT2D eigenvalue weighted by Crippen LogP contribution is 2.29. The second-order valence-corrected chi connectivity index (χ2v) is 5.62. The smallest absolute Gasteiger partial charge is 0.187 e. The van der Waals surface area contributed by atoms with Crippen molar-refractivity contribution in [2.75, 3.05) is 5.32 Å². The fraction of sp³-hybridized carbons (Fsp3) is 0.167. The van der Waals surface area contributed by atoms with Crippen molar-refractivity contribution in [3.05, 3.63) is 38.8 Å². The Bertz CT molecular complexity index is 579. The zero-order valence-electron chi connectivity index (χ0n) is 9.41. The van der Waals surface area contributed by atoms with Gasteiger partial charge in [-0.1, -0.05) is 6.07 Å². The molecular weight excluding hydrogens is 298 g/mol. The molecule has 0 aliphatic rings. The second kappa shape index (κ2) is 4.86. The quantitative estimate of drug-likeness (QED) is 0.907. The van der Waals surface area contributed by atoms with E-state index in [1.165, 1.54) is 4.88 Å². The largest absolute Gasteiger partial charge is 0.330 e. The van der Waals surface area contributed by atoms with Gasteiger partial charge in [0.15, 0.2) is 5.13 Å². The van der Waals surface area contributed by atoms with E-state index in [2.05, 4.69) is 32.3 Å². The van der Waals surface area contributed by atoms with Gasteiger partial charge < -0.3 is 5.32 Å². The van der Waals surface area contributed by atoms with E-state index in [4.69, 9.17) is 5.26 Å². The fourth-order valence-electron chi connectivity index (χ4n) is 1.38. The molecule has 0 amide bonds. The number of anilines is 2. The van der Waals surface area contributed by atoms with E-state index in [1.54, 1.807) is 11.3 Å². The Kier molecular flexibility index (Phi) is 3.46. The number of rotatable bonds is 2. The molecule has 1 aromatic heterocycles. The topological polar surface area (TPSA) is 48.7 Å². The van der Waals surface area contributed by atoms with Gasteiger partial charge in [-0.25, -0.2) is 4.98 Å². The van der Waals surface area contributed by atoms with E-state index in [0.29, 0.717) is 5.56 Å². The predicted octanol–water partition coefficient (Wildman–Crippen LogP) is 4.14. The molecule has 2 aromatic rings. The summed E-state index contributed by atoms with van der Waals surface area (Å²) in [5.74, 6) is 0. The Balaban J connectivity index is 2.37. The van der Waals surface area contributed by atoms with Gasteiger partial charge in [0.05, 0.1) is 16.9 Å². The molecule has 0 atom stereocenters. The number of halogens is 1. The molecule has 0 saturated carbocycles. The molecule has 1 aromatic carbocycles. The van der Waals surface area contributed by atoms with Gasteiger partial charge in [0.25, 0.3) is 0 Å². The van der Waals surface area contributed by atoms with Crippen LogP contribution in [0.2, 0.25) is 0 Å². The SMILES string of the molecule is Cc1nc(Nc2cccc(Br)c2C#N)sc1C. The summed E-state index contributed by atoms with van der Waals surface area (Å²) in [5, 5.41) is 13.1. The zero-order valence-corrected chi connectivity index (χ0v) is 11.8. The molecule has 0 aliphatic heterocycles. The highest BCUT2D eigenvalue weighted by molar-refractivity contribution is 9.10. The molecule has 86 valence electrons. The van der Waals surface area contributed by atoms with E-state index >= 15 is 0 Å². The second-order valence-electron chi connectivity index (χ2n) is 3.56. The Morgan fingerprint density at radius 1 is 1.41 bits per heavy atom. The van der Waals surface area contributed by atoms with Crippen LogP contribution in [0, 0.1) is 25.2 Å². The van der Waals surface area contributed by atoms with Crippen molar-refractivity contribution in [3.63, 3.8) is 0 Å². The molecule has 0 radical (unpaired) electrons. The monoisotopic (exact) mass is 307 g/mol. The van der Waals surface area contributed by atoms with Crippen LogP contribution in [0.3, 0.4) is 0 Å². The minimum atomic E-state index is 0.595. The molecule has 5 heteroatoms. The molecule has 1 heterocycles. The van der Waals surface area contributed by atoms with E-state index in [1.807, 2.05) is 32.0 Å². The number of aryl methyl sites for hydroxylation is 2. The van der Waals surface area contributed by atoms with Crippen LogP contribution >= 0.6 is 27.3 Å². The standard InChI is InChI=1S/C12H10BrN3S/c1-7-8(2)17-12(15-7)16-11-5-3-4-10(13)9(11)6-14/h3-5H,1-2H3,(H,15,16). The van der Waals surface area contributed by atoms with E-state index in [9.17, 15) is 0 Å². The molecule has 0 aliphatic carbocycles. The van der Waals surface area contributed by atoms with Crippen molar-refractivity contribution in [2.24, 2.45) is 0 Å². The third-order valence-electron chi connectivity index (χ3n) is 2.40. The first-order valence-corrected chi connectivity index (χ1v) is 6.62. The Hall–Kier alpha value is -1.38. The Morgan fingerprint density at radius 2 is 2.18 bits per heavy atom. The summed E-state index contributed by atoms with van der Waals surface area (Å²) >= 11 is 4.95. The van der Waals surface area contributed by atoms with Gasteiger partial charge in [-0.15, -0.1) is 11.3 Å². The minimum Gasteiger partial charge on any atom is -0.330 e. The summed E-state index contributed by atoms with van der Waals surface area (Å²) in [5.41, 5.74) is 2.39. The molecule has 3 nitrogen and oxygen atoms in total. The summed E-state index contributed by atoms with van der Waals surface area (Å²) in [6, 6.07) is 7.78. The fourth-order valence-corrected chi connectivity index (χ4v) is 2.67. The summed E-state index contributed by atoms with van der Waals surface area (Å²) in [6.45, 7) is 4.01. The average Bonchev–Trinajstić information content (AvgIpc) is 2.58. The predicted molar refractivity (Wildman–Crippen MR) is 73.7 cm³/mol. The van der Waals surface area contributed by atoms with Crippen molar-refractivity contribution in [2.45, 2.75) is 13.8 Å². The summed E-state index contributed by atoms with van der Waals surface area (Å²) < 4.78 is 0.787. The highest BCUT2D eigenvalue weighted by Gasteiger charge is 2.09. The molecule has 1 N–H and O–H groups in total. The van der Waals surface area contributed by atoms with Crippen molar-refractivity contribution >= 4 is 38.1 Å². The summed E-state index contributed by atoms with van der Waals surface area (Å²) in [6.07, 6.45) is 0. The molecule has 17 heavy (non-hydrogen) atoms. The van der Waals surface area contributed by atoms with Crippen LogP contribution < -0.4 is 5.32 Å². The highest BCUT2D eigenvalue weighted by atomic mass is 79.9. The average molecular weight is 308 g/mol. The third kappa shape index (κ3) is 2.48. The molecule has 0 fully saturated rings. The molecule has 2 rings (SSSR count). The van der Waals surface area contributed by atoms with Crippen LogP contribution in [0.1, 0.15) is 16.1 Å². The maximum atomic E-state index is 9.10. The van der Waals surface area contributed by atoms with Gasteiger partial charge in [-0.2, -0.15) is 5.26 Å². The molecule has 0 spiro atoms. The van der Waals surface area contributed by atoms with E-state index < -0.39 is 0 Å². The number of benzene rings is 1. The molecular formula is C12H10BrN3S. The number of nitrogens with zero attached hydrogens (tertiary/aromatic N) is 2. The summed E-state index contributed by atoms with van der Waals surface area (Å²) in [4.78, 5) is 5.57. The first-order chi connectivity index (χ1) is 8.11. The van der Waals surface area contributed by atoms with Crippen molar-refractivity contribution in [3.8, 4) is 6.07 Å². The van der Waals surface area contributed by atoms with Crippen LogP contribution in [0.4, 0.5) is 10.8 Å². The van der Waals surface area contributed by atoms with Crippen molar-refractivity contribution in [1.29, 1.82) is 5.26 Å². The van der Waals surface area contributed by atoms with Gasteiger partial charge in [-0.3, -0.25) is 0 Å². The van der Waals surface area contributed by atoms with E-state index in [-0.39, 0.29) is 0 Å². The number of hydrogen-bond donors (Lipinski definition) is 1. The van der Waals surface area contributed by atoms with Gasteiger partial charge in [0, 0.05) is 9.35 Å². The van der Waals surface area contributed by atoms with Gasteiger partial charge in [-0.05, 0) is 41.9 Å². The number of nitrogens with one attached hydrogen (secondary N) is 1. The lowest BCUT2D eigenvalue weighted by Gasteiger charge is -2.05. The molecule has 0 unspecified atom stereocenters. The lowest BCUT2D eigenvalue weighted by atomic mass is 10.2. The number of hydrogen-bond acceptors (Lipinski definition) is 4. The van der Waals surface area contributed by atoms with Crippen LogP contribution in [-0.4, -0.2) is 4.98 Å². The number of nitriles is 1. The maximum absolute atomic E-state index is 9.10. The molecule has 0 bridgehead atoms. The van der Waals surface area contributed by atoms with Gasteiger partial charge >= 0.3 is 0 Å². The van der Waals surface area contributed by atoms with Crippen molar-refractivity contribution < 1.29 is 0 Å². The van der Waals surface area contributed by atoms with Crippen LogP contribution in [0.5, 0.6) is 0 Å². The number of thiazole rings is 1. The van der Waals surface area contributed by atoms with Crippen LogP contribution in [0.25, 0.3) is 0 Å². The zero-order chi connectivity index (χ0) is 12.4. The first-order valence-electron chi connectivity index (χ1n) is 5.01. The third-order valence-corrected chi connectivity index (χ3v) is 4.04. The lowest BCUT2D eigenvalue weighted by Crippen LogP contribution is -1.93. The molecule has 0 saturated heterocycles.